The summed E-state index contributed by atoms with van der Waals surface area (Å²) in [7, 11) is 1.63. The van der Waals surface area contributed by atoms with Crippen LogP contribution >= 0.6 is 0 Å². The van der Waals surface area contributed by atoms with E-state index in [0.717, 1.165) is 6.42 Å². The molecule has 1 atom stereocenters. The Morgan fingerprint density at radius 3 is 2.62 bits per heavy atom. The Morgan fingerprint density at radius 2 is 2.19 bits per heavy atom. The SMILES string of the molecule is COC1(CNC(=O)OC(C)(C)C)CCOC1. The number of ether oxygens (including phenoxy) is 3. The number of amides is 1. The highest BCUT2D eigenvalue weighted by Crippen LogP contribution is 2.21. The second kappa shape index (κ2) is 5.01. The van der Waals surface area contributed by atoms with Crippen molar-refractivity contribution in [2.75, 3.05) is 26.9 Å². The Labute approximate surface area is 96.4 Å². The number of hydrogen-bond donors (Lipinski definition) is 1. The molecular formula is C11H21NO4. The summed E-state index contributed by atoms with van der Waals surface area (Å²) in [6.07, 6.45) is 0.370. The van der Waals surface area contributed by atoms with Gasteiger partial charge in [-0.25, -0.2) is 4.79 Å². The van der Waals surface area contributed by atoms with E-state index < -0.39 is 17.3 Å². The van der Waals surface area contributed by atoms with Gasteiger partial charge in [0.25, 0.3) is 0 Å². The van der Waals surface area contributed by atoms with E-state index in [-0.39, 0.29) is 0 Å². The van der Waals surface area contributed by atoms with Gasteiger partial charge in [0.2, 0.25) is 0 Å². The number of hydrogen-bond acceptors (Lipinski definition) is 4. The van der Waals surface area contributed by atoms with Gasteiger partial charge in [0.1, 0.15) is 11.2 Å². The quantitative estimate of drug-likeness (QED) is 0.795. The zero-order valence-corrected chi connectivity index (χ0v) is 10.5. The van der Waals surface area contributed by atoms with Gasteiger partial charge in [-0.1, -0.05) is 0 Å². The van der Waals surface area contributed by atoms with Crippen molar-refractivity contribution >= 4 is 6.09 Å². The van der Waals surface area contributed by atoms with E-state index in [9.17, 15) is 4.79 Å². The largest absolute Gasteiger partial charge is 0.444 e. The van der Waals surface area contributed by atoms with Crippen LogP contribution in [-0.2, 0) is 14.2 Å². The minimum Gasteiger partial charge on any atom is -0.444 e. The van der Waals surface area contributed by atoms with Crippen LogP contribution in [0.2, 0.25) is 0 Å². The summed E-state index contributed by atoms with van der Waals surface area (Å²) in [5.41, 5.74) is -0.868. The van der Waals surface area contributed by atoms with E-state index in [2.05, 4.69) is 5.32 Å². The van der Waals surface area contributed by atoms with Crippen molar-refractivity contribution in [2.45, 2.75) is 38.4 Å². The summed E-state index contributed by atoms with van der Waals surface area (Å²) in [5.74, 6) is 0. The lowest BCUT2D eigenvalue weighted by Crippen LogP contribution is -2.46. The molecule has 1 heterocycles. The van der Waals surface area contributed by atoms with Crippen LogP contribution in [0.4, 0.5) is 4.79 Å². The van der Waals surface area contributed by atoms with E-state index >= 15 is 0 Å². The summed E-state index contributed by atoms with van der Waals surface area (Å²) in [4.78, 5) is 11.4. The fourth-order valence-corrected chi connectivity index (χ4v) is 1.51. The molecule has 1 rings (SSSR count). The molecule has 5 heteroatoms. The Balaban J connectivity index is 2.35. The molecule has 1 unspecified atom stereocenters. The van der Waals surface area contributed by atoms with Crippen LogP contribution in [-0.4, -0.2) is 44.2 Å². The van der Waals surface area contributed by atoms with Gasteiger partial charge in [0.15, 0.2) is 0 Å². The van der Waals surface area contributed by atoms with E-state index in [1.165, 1.54) is 0 Å². The summed E-state index contributed by atoms with van der Waals surface area (Å²) in [6, 6.07) is 0. The molecule has 0 radical (unpaired) electrons. The molecule has 0 spiro atoms. The molecule has 1 amide bonds. The first kappa shape index (κ1) is 13.3. The van der Waals surface area contributed by atoms with Gasteiger partial charge in [0.05, 0.1) is 13.2 Å². The molecule has 16 heavy (non-hydrogen) atoms. The van der Waals surface area contributed by atoms with Gasteiger partial charge in [-0.2, -0.15) is 0 Å². The van der Waals surface area contributed by atoms with Crippen molar-refractivity contribution in [3.63, 3.8) is 0 Å². The minimum atomic E-state index is -0.476. The maximum atomic E-state index is 11.4. The summed E-state index contributed by atoms with van der Waals surface area (Å²) in [5, 5.41) is 2.71. The van der Waals surface area contributed by atoms with Gasteiger partial charge in [-0.3, -0.25) is 0 Å². The first-order chi connectivity index (χ1) is 7.37. The zero-order valence-electron chi connectivity index (χ0n) is 10.5. The fourth-order valence-electron chi connectivity index (χ4n) is 1.51. The molecule has 0 aromatic carbocycles. The van der Waals surface area contributed by atoms with Crippen molar-refractivity contribution in [3.05, 3.63) is 0 Å². The highest BCUT2D eigenvalue weighted by molar-refractivity contribution is 5.67. The monoisotopic (exact) mass is 231 g/mol. The fraction of sp³-hybridized carbons (Fsp3) is 0.909. The van der Waals surface area contributed by atoms with Crippen LogP contribution in [0.25, 0.3) is 0 Å². The maximum absolute atomic E-state index is 11.4. The standard InChI is InChI=1S/C11H21NO4/c1-10(2,3)16-9(13)12-7-11(14-4)5-6-15-8-11/h5-8H2,1-4H3,(H,12,13). The molecule has 1 saturated heterocycles. The van der Waals surface area contributed by atoms with Crippen molar-refractivity contribution in [1.82, 2.24) is 5.32 Å². The maximum Gasteiger partial charge on any atom is 0.407 e. The molecule has 0 aliphatic carbocycles. The molecule has 5 nitrogen and oxygen atoms in total. The van der Waals surface area contributed by atoms with Gasteiger partial charge < -0.3 is 19.5 Å². The molecule has 1 aliphatic heterocycles. The van der Waals surface area contributed by atoms with Crippen LogP contribution in [0.15, 0.2) is 0 Å². The smallest absolute Gasteiger partial charge is 0.407 e. The Morgan fingerprint density at radius 1 is 1.50 bits per heavy atom. The second-order valence-corrected chi connectivity index (χ2v) is 5.05. The van der Waals surface area contributed by atoms with Gasteiger partial charge in [0, 0.05) is 20.1 Å². The molecule has 0 aromatic heterocycles. The summed E-state index contributed by atoms with van der Waals surface area (Å²) >= 11 is 0. The average molecular weight is 231 g/mol. The summed E-state index contributed by atoms with van der Waals surface area (Å²) < 4.78 is 15.8. The highest BCUT2D eigenvalue weighted by atomic mass is 16.6. The second-order valence-electron chi connectivity index (χ2n) is 5.05. The normalized spacial score (nSPS) is 25.5. The highest BCUT2D eigenvalue weighted by Gasteiger charge is 2.35. The van der Waals surface area contributed by atoms with Crippen LogP contribution < -0.4 is 5.32 Å². The predicted molar refractivity (Wildman–Crippen MR) is 59.4 cm³/mol. The molecular weight excluding hydrogens is 210 g/mol. The third kappa shape index (κ3) is 3.98. The molecule has 0 saturated carbocycles. The number of carbonyl (C=O) groups excluding carboxylic acids is 1. The number of alkyl carbamates (subject to hydrolysis) is 1. The van der Waals surface area contributed by atoms with E-state index in [4.69, 9.17) is 14.2 Å². The Kier molecular flexibility index (Phi) is 4.15. The van der Waals surface area contributed by atoms with E-state index in [0.29, 0.717) is 19.8 Å². The third-order valence-electron chi connectivity index (χ3n) is 2.45. The number of rotatable bonds is 3. The molecule has 1 N–H and O–H groups in total. The van der Waals surface area contributed by atoms with Crippen molar-refractivity contribution in [3.8, 4) is 0 Å². The van der Waals surface area contributed by atoms with Crippen LogP contribution in [0.3, 0.4) is 0 Å². The molecule has 1 aliphatic rings. The number of methoxy groups -OCH3 is 1. The number of carbonyl (C=O) groups is 1. The molecule has 0 aromatic rings. The lowest BCUT2D eigenvalue weighted by atomic mass is 10.0. The third-order valence-corrected chi connectivity index (χ3v) is 2.45. The van der Waals surface area contributed by atoms with E-state index in [1.807, 2.05) is 20.8 Å². The van der Waals surface area contributed by atoms with Crippen molar-refractivity contribution in [2.24, 2.45) is 0 Å². The van der Waals surface area contributed by atoms with Gasteiger partial charge in [-0.05, 0) is 20.8 Å². The van der Waals surface area contributed by atoms with E-state index in [1.54, 1.807) is 7.11 Å². The zero-order chi connectivity index (χ0) is 12.2. The van der Waals surface area contributed by atoms with Crippen LogP contribution in [0.5, 0.6) is 0 Å². The lowest BCUT2D eigenvalue weighted by molar-refractivity contribution is -0.0187. The molecule has 94 valence electrons. The minimum absolute atomic E-state index is 0.392. The van der Waals surface area contributed by atoms with Gasteiger partial charge in [-0.15, -0.1) is 0 Å². The summed E-state index contributed by atoms with van der Waals surface area (Å²) in [6.45, 7) is 7.09. The molecule has 0 bridgehead atoms. The lowest BCUT2D eigenvalue weighted by Gasteiger charge is -2.27. The molecule has 1 fully saturated rings. The first-order valence-electron chi connectivity index (χ1n) is 5.47. The van der Waals surface area contributed by atoms with Crippen molar-refractivity contribution in [1.29, 1.82) is 0 Å². The van der Waals surface area contributed by atoms with Crippen LogP contribution in [0.1, 0.15) is 27.2 Å². The number of nitrogens with one attached hydrogen (secondary N) is 1. The van der Waals surface area contributed by atoms with Crippen molar-refractivity contribution < 1.29 is 19.0 Å². The topological polar surface area (TPSA) is 56.8 Å². The predicted octanol–water partition coefficient (Wildman–Crippen LogP) is 1.32. The van der Waals surface area contributed by atoms with Crippen LogP contribution in [0, 0.1) is 0 Å². The first-order valence-corrected chi connectivity index (χ1v) is 5.47. The van der Waals surface area contributed by atoms with Gasteiger partial charge >= 0.3 is 6.09 Å². The average Bonchev–Trinajstić information content (AvgIpc) is 2.61. The Hall–Kier alpha value is -0.810. The Bertz CT molecular complexity index is 241.